The molecule has 1 aromatic rings. The van der Waals surface area contributed by atoms with Crippen molar-refractivity contribution in [3.8, 4) is 0 Å². The number of hydrogen-bond acceptors (Lipinski definition) is 3. The number of halogens is 2. The van der Waals surface area contributed by atoms with Crippen LogP contribution in [0.4, 0.5) is 4.79 Å². The molecule has 1 aliphatic rings. The van der Waals surface area contributed by atoms with E-state index in [2.05, 4.69) is 0 Å². The Labute approximate surface area is 153 Å². The van der Waals surface area contributed by atoms with Gasteiger partial charge in [-0.05, 0) is 26.0 Å². The largest absolute Gasteiger partial charge is 0.325 e. The van der Waals surface area contributed by atoms with Crippen LogP contribution in [-0.4, -0.2) is 67.8 Å². The number of hydrogen-bond donors (Lipinski definition) is 0. The molecular formula is C15H21Cl2N3O3S. The summed E-state index contributed by atoms with van der Waals surface area (Å²) < 4.78 is 26.8. The number of urea groups is 1. The number of carbonyl (C=O) groups is 1. The summed E-state index contributed by atoms with van der Waals surface area (Å²) in [5, 5.41) is 0.230. The van der Waals surface area contributed by atoms with Crippen LogP contribution < -0.4 is 0 Å². The topological polar surface area (TPSA) is 60.9 Å². The fraction of sp³-hybridized carbons (Fsp3) is 0.533. The van der Waals surface area contributed by atoms with E-state index < -0.39 is 10.0 Å². The van der Waals surface area contributed by atoms with Crippen LogP contribution in [0.2, 0.25) is 10.0 Å². The average molecular weight is 394 g/mol. The summed E-state index contributed by atoms with van der Waals surface area (Å²) in [4.78, 5) is 15.7. The van der Waals surface area contributed by atoms with Crippen molar-refractivity contribution in [3.63, 3.8) is 0 Å². The van der Waals surface area contributed by atoms with Crippen molar-refractivity contribution < 1.29 is 13.2 Å². The Morgan fingerprint density at radius 3 is 2.25 bits per heavy atom. The lowest BCUT2D eigenvalue weighted by Crippen LogP contribution is -2.53. The van der Waals surface area contributed by atoms with Crippen LogP contribution in [0.15, 0.2) is 23.1 Å². The molecule has 1 fully saturated rings. The van der Waals surface area contributed by atoms with Gasteiger partial charge in [-0.25, -0.2) is 13.2 Å². The molecule has 9 heteroatoms. The number of sulfonamides is 1. The number of nitrogens with zero attached hydrogens (tertiary/aromatic N) is 3. The third kappa shape index (κ3) is 3.79. The molecule has 24 heavy (non-hydrogen) atoms. The molecule has 0 spiro atoms. The van der Waals surface area contributed by atoms with Gasteiger partial charge in [-0.3, -0.25) is 0 Å². The molecule has 0 radical (unpaired) electrons. The molecule has 0 aliphatic carbocycles. The lowest BCUT2D eigenvalue weighted by atomic mass is 10.4. The molecular weight excluding hydrogens is 373 g/mol. The fourth-order valence-corrected chi connectivity index (χ4v) is 4.79. The van der Waals surface area contributed by atoms with Crippen molar-refractivity contribution in [2.75, 3.05) is 39.3 Å². The van der Waals surface area contributed by atoms with Gasteiger partial charge >= 0.3 is 6.03 Å². The lowest BCUT2D eigenvalue weighted by molar-refractivity contribution is 0.138. The van der Waals surface area contributed by atoms with E-state index in [0.29, 0.717) is 26.2 Å². The van der Waals surface area contributed by atoms with Crippen molar-refractivity contribution in [2.45, 2.75) is 18.7 Å². The van der Waals surface area contributed by atoms with Crippen molar-refractivity contribution in [3.05, 3.63) is 28.2 Å². The lowest BCUT2D eigenvalue weighted by Gasteiger charge is -2.36. The summed E-state index contributed by atoms with van der Waals surface area (Å²) in [6.45, 7) is 6.28. The van der Waals surface area contributed by atoms with Gasteiger partial charge in [-0.2, -0.15) is 4.31 Å². The van der Waals surface area contributed by atoms with Gasteiger partial charge in [-0.1, -0.05) is 29.3 Å². The van der Waals surface area contributed by atoms with Gasteiger partial charge in [0.2, 0.25) is 10.0 Å². The molecule has 1 saturated heterocycles. The first-order valence-electron chi connectivity index (χ1n) is 7.80. The van der Waals surface area contributed by atoms with Crippen molar-refractivity contribution in [2.24, 2.45) is 0 Å². The molecule has 1 aliphatic heterocycles. The maximum Gasteiger partial charge on any atom is 0.320 e. The van der Waals surface area contributed by atoms with E-state index in [1.165, 1.54) is 10.4 Å². The third-order valence-electron chi connectivity index (χ3n) is 4.08. The van der Waals surface area contributed by atoms with Crippen LogP contribution in [0, 0.1) is 0 Å². The standard InChI is InChI=1S/C15H21Cl2N3O3S/c1-3-18(4-2)15(21)19-8-10-20(11-9-19)24(22,23)13-7-5-6-12(16)14(13)17/h5-7H,3-4,8-11H2,1-2H3. The van der Waals surface area contributed by atoms with E-state index in [9.17, 15) is 13.2 Å². The highest BCUT2D eigenvalue weighted by atomic mass is 35.5. The molecule has 2 rings (SSSR count). The highest BCUT2D eigenvalue weighted by molar-refractivity contribution is 7.89. The number of benzene rings is 1. The molecule has 0 N–H and O–H groups in total. The van der Waals surface area contributed by atoms with Crippen molar-refractivity contribution >= 4 is 39.3 Å². The van der Waals surface area contributed by atoms with E-state index in [-0.39, 0.29) is 34.1 Å². The number of piperazine rings is 1. The monoisotopic (exact) mass is 393 g/mol. The predicted octanol–water partition coefficient (Wildman–Crippen LogP) is 2.76. The first-order chi connectivity index (χ1) is 11.3. The number of carbonyl (C=O) groups excluding carboxylic acids is 1. The smallest absolute Gasteiger partial charge is 0.320 e. The highest BCUT2D eigenvalue weighted by Crippen LogP contribution is 2.31. The van der Waals surface area contributed by atoms with Crippen LogP contribution in [0.3, 0.4) is 0 Å². The molecule has 134 valence electrons. The van der Waals surface area contributed by atoms with Gasteiger partial charge in [0.05, 0.1) is 10.0 Å². The Morgan fingerprint density at radius 1 is 1.12 bits per heavy atom. The Bertz CT molecular complexity index is 700. The summed E-state index contributed by atoms with van der Waals surface area (Å²) in [5.74, 6) is 0. The highest BCUT2D eigenvalue weighted by Gasteiger charge is 2.32. The quantitative estimate of drug-likeness (QED) is 0.789. The Morgan fingerprint density at radius 2 is 1.71 bits per heavy atom. The predicted molar refractivity (Wildman–Crippen MR) is 95.1 cm³/mol. The molecule has 1 heterocycles. The van der Waals surface area contributed by atoms with Crippen LogP contribution in [0.1, 0.15) is 13.8 Å². The molecule has 0 aromatic heterocycles. The minimum absolute atomic E-state index is 0.000172. The number of rotatable bonds is 4. The van der Waals surface area contributed by atoms with Gasteiger partial charge in [-0.15, -0.1) is 0 Å². The average Bonchev–Trinajstić information content (AvgIpc) is 2.58. The Balaban J connectivity index is 2.11. The summed E-state index contributed by atoms with van der Waals surface area (Å²) >= 11 is 12.0. The fourth-order valence-electron chi connectivity index (χ4n) is 2.64. The van der Waals surface area contributed by atoms with E-state index in [4.69, 9.17) is 23.2 Å². The van der Waals surface area contributed by atoms with Crippen molar-refractivity contribution in [1.29, 1.82) is 0 Å². The minimum atomic E-state index is -3.73. The first kappa shape index (κ1) is 19.3. The second-order valence-electron chi connectivity index (χ2n) is 5.40. The van der Waals surface area contributed by atoms with E-state index in [0.717, 1.165) is 0 Å². The zero-order chi connectivity index (χ0) is 17.9. The van der Waals surface area contributed by atoms with Gasteiger partial charge in [0.15, 0.2) is 0 Å². The normalized spacial score (nSPS) is 16.2. The molecule has 0 saturated carbocycles. The van der Waals surface area contributed by atoms with Crippen LogP contribution in [0.5, 0.6) is 0 Å². The molecule has 0 bridgehead atoms. The van der Waals surface area contributed by atoms with Gasteiger partial charge in [0, 0.05) is 39.3 Å². The van der Waals surface area contributed by atoms with Crippen LogP contribution >= 0.6 is 23.2 Å². The SMILES string of the molecule is CCN(CC)C(=O)N1CCN(S(=O)(=O)c2cccc(Cl)c2Cl)CC1. The first-order valence-corrected chi connectivity index (χ1v) is 10.0. The minimum Gasteiger partial charge on any atom is -0.325 e. The molecule has 1 aromatic carbocycles. The molecule has 2 amide bonds. The molecule has 6 nitrogen and oxygen atoms in total. The Hall–Kier alpha value is -1.02. The summed E-state index contributed by atoms with van der Waals surface area (Å²) in [6, 6.07) is 4.49. The summed E-state index contributed by atoms with van der Waals surface area (Å²) in [6.07, 6.45) is 0. The maximum atomic E-state index is 12.8. The van der Waals surface area contributed by atoms with E-state index in [1.54, 1.807) is 21.9 Å². The second-order valence-corrected chi connectivity index (χ2v) is 8.09. The van der Waals surface area contributed by atoms with Crippen LogP contribution in [-0.2, 0) is 10.0 Å². The van der Waals surface area contributed by atoms with Crippen LogP contribution in [0.25, 0.3) is 0 Å². The van der Waals surface area contributed by atoms with Crippen molar-refractivity contribution in [1.82, 2.24) is 14.1 Å². The zero-order valence-corrected chi connectivity index (χ0v) is 16.0. The van der Waals surface area contributed by atoms with Gasteiger partial charge in [0.25, 0.3) is 0 Å². The molecule has 0 atom stereocenters. The van der Waals surface area contributed by atoms with Gasteiger partial charge < -0.3 is 9.80 Å². The number of amides is 2. The second kappa shape index (κ2) is 7.91. The Kier molecular flexibility index (Phi) is 6.36. The summed E-state index contributed by atoms with van der Waals surface area (Å²) in [7, 11) is -3.73. The summed E-state index contributed by atoms with van der Waals surface area (Å²) in [5.41, 5.74) is 0. The van der Waals surface area contributed by atoms with E-state index >= 15 is 0 Å². The third-order valence-corrected chi connectivity index (χ3v) is 6.95. The van der Waals surface area contributed by atoms with Gasteiger partial charge in [0.1, 0.15) is 4.90 Å². The molecule has 0 unspecified atom stereocenters. The maximum absolute atomic E-state index is 12.8. The zero-order valence-electron chi connectivity index (χ0n) is 13.7. The van der Waals surface area contributed by atoms with E-state index in [1.807, 2.05) is 13.8 Å².